The fraction of sp³-hybridized carbons (Fsp3) is 0.200. The molecule has 0 amide bonds. The van der Waals surface area contributed by atoms with E-state index < -0.39 is 12.4 Å². The molecule has 4 nitrogen and oxygen atoms in total. The predicted molar refractivity (Wildman–Crippen MR) is 72.5 cm³/mol. The summed E-state index contributed by atoms with van der Waals surface area (Å²) in [6, 6.07) is 13.5. The van der Waals surface area contributed by atoms with Crippen molar-refractivity contribution in [3.8, 4) is 11.5 Å². The van der Waals surface area contributed by atoms with E-state index in [2.05, 4.69) is 14.8 Å². The van der Waals surface area contributed by atoms with Gasteiger partial charge in [-0.15, -0.1) is 8.78 Å². The van der Waals surface area contributed by atoms with Gasteiger partial charge in [-0.3, -0.25) is 0 Å². The van der Waals surface area contributed by atoms with Crippen LogP contribution >= 0.6 is 0 Å². The summed E-state index contributed by atoms with van der Waals surface area (Å²) in [5.74, 6) is -0.0339. The largest absolute Gasteiger partial charge is 0.586 e. The minimum absolute atomic E-state index is 0.00541. The number of aliphatic hydroxyl groups excluding tert-OH is 1. The number of halogens is 2. The number of aliphatic hydroxyl groups is 1. The Morgan fingerprint density at radius 2 is 1.76 bits per heavy atom. The Morgan fingerprint density at radius 1 is 1.05 bits per heavy atom. The van der Waals surface area contributed by atoms with Crippen LogP contribution < -0.4 is 14.8 Å². The molecule has 6 heteroatoms. The summed E-state index contributed by atoms with van der Waals surface area (Å²) in [5, 5.41) is 13.0. The van der Waals surface area contributed by atoms with Crippen LogP contribution in [0, 0.1) is 0 Å². The van der Waals surface area contributed by atoms with Crippen molar-refractivity contribution < 1.29 is 23.4 Å². The molecule has 2 aromatic rings. The van der Waals surface area contributed by atoms with E-state index in [1.54, 1.807) is 6.07 Å². The van der Waals surface area contributed by atoms with Gasteiger partial charge in [-0.1, -0.05) is 30.3 Å². The van der Waals surface area contributed by atoms with Crippen LogP contribution in [0.2, 0.25) is 0 Å². The van der Waals surface area contributed by atoms with Crippen LogP contribution in [0.15, 0.2) is 48.5 Å². The number of hydrogen-bond acceptors (Lipinski definition) is 4. The molecule has 0 fully saturated rings. The number of rotatable bonds is 4. The van der Waals surface area contributed by atoms with E-state index in [0.717, 1.165) is 5.56 Å². The number of anilines is 1. The normalized spacial score (nSPS) is 16.5. The van der Waals surface area contributed by atoms with E-state index in [0.29, 0.717) is 5.69 Å². The summed E-state index contributed by atoms with van der Waals surface area (Å²) in [7, 11) is 0. The van der Waals surface area contributed by atoms with Crippen LogP contribution in [0.25, 0.3) is 0 Å². The van der Waals surface area contributed by atoms with Crippen molar-refractivity contribution in [2.45, 2.75) is 12.4 Å². The Kier molecular flexibility index (Phi) is 3.39. The van der Waals surface area contributed by atoms with Gasteiger partial charge in [-0.2, -0.15) is 0 Å². The first-order chi connectivity index (χ1) is 10.0. The summed E-state index contributed by atoms with van der Waals surface area (Å²) < 4.78 is 34.5. The maximum atomic E-state index is 12.9. The van der Waals surface area contributed by atoms with Crippen molar-refractivity contribution in [1.82, 2.24) is 0 Å². The minimum atomic E-state index is -3.62. The highest BCUT2D eigenvalue weighted by Gasteiger charge is 2.43. The van der Waals surface area contributed by atoms with Gasteiger partial charge in [0, 0.05) is 18.3 Å². The lowest BCUT2D eigenvalue weighted by Gasteiger charge is -2.13. The molecule has 110 valence electrons. The third-order valence-corrected chi connectivity index (χ3v) is 3.09. The molecule has 1 heterocycles. The maximum Gasteiger partial charge on any atom is 0.586 e. The smallest absolute Gasteiger partial charge is 0.395 e. The molecule has 3 rings (SSSR count). The molecule has 0 aliphatic carbocycles. The lowest BCUT2D eigenvalue weighted by Crippen LogP contribution is -2.25. The van der Waals surface area contributed by atoms with Gasteiger partial charge in [0.2, 0.25) is 0 Å². The predicted octanol–water partition coefficient (Wildman–Crippen LogP) is 3.15. The van der Waals surface area contributed by atoms with Crippen molar-refractivity contribution in [2.75, 3.05) is 11.9 Å². The summed E-state index contributed by atoms with van der Waals surface area (Å²) >= 11 is 0. The molecule has 0 saturated carbocycles. The zero-order chi connectivity index (χ0) is 14.9. The molecule has 21 heavy (non-hydrogen) atoms. The van der Waals surface area contributed by atoms with Crippen molar-refractivity contribution in [2.24, 2.45) is 0 Å². The first-order valence-corrected chi connectivity index (χ1v) is 6.40. The summed E-state index contributed by atoms with van der Waals surface area (Å²) in [6.07, 6.45) is -4.32. The van der Waals surface area contributed by atoms with E-state index in [-0.39, 0.29) is 18.0 Å². The second kappa shape index (κ2) is 5.21. The maximum absolute atomic E-state index is 12.9. The average Bonchev–Trinajstić information content (AvgIpc) is 2.78. The number of nitrogens with one attached hydrogen (secondary N) is 1. The molecule has 1 unspecified atom stereocenters. The number of fused-ring (bicyclic) bond motifs is 1. The zero-order valence-corrected chi connectivity index (χ0v) is 10.9. The lowest BCUT2D eigenvalue weighted by atomic mass is 10.1. The van der Waals surface area contributed by atoms with Gasteiger partial charge in [0.15, 0.2) is 11.5 Å². The quantitative estimate of drug-likeness (QED) is 0.909. The molecule has 2 aromatic carbocycles. The van der Waals surface area contributed by atoms with Crippen LogP contribution in [-0.4, -0.2) is 17.9 Å². The van der Waals surface area contributed by atoms with Crippen LogP contribution in [0.5, 0.6) is 11.5 Å². The van der Waals surface area contributed by atoms with Gasteiger partial charge in [-0.25, -0.2) is 0 Å². The highest BCUT2D eigenvalue weighted by Crippen LogP contribution is 2.42. The van der Waals surface area contributed by atoms with Crippen LogP contribution in [0.4, 0.5) is 14.5 Å². The Bertz CT molecular complexity index is 634. The van der Waals surface area contributed by atoms with Gasteiger partial charge < -0.3 is 19.9 Å². The molecule has 2 N–H and O–H groups in total. The Labute approximate surface area is 119 Å². The molecular formula is C15H13F2NO3. The fourth-order valence-electron chi connectivity index (χ4n) is 2.07. The molecule has 1 aliphatic heterocycles. The Morgan fingerprint density at radius 3 is 2.52 bits per heavy atom. The zero-order valence-electron chi connectivity index (χ0n) is 10.9. The highest BCUT2D eigenvalue weighted by molar-refractivity contribution is 5.56. The summed E-state index contributed by atoms with van der Waals surface area (Å²) in [5.41, 5.74) is 1.34. The van der Waals surface area contributed by atoms with Crippen molar-refractivity contribution in [1.29, 1.82) is 0 Å². The Hall–Kier alpha value is -2.34. The topological polar surface area (TPSA) is 50.7 Å². The standard InChI is InChI=1S/C15H13F2NO3/c16-15(17)20-13-7-6-11(8-14(13)21-15)18-9-12(19)10-4-2-1-3-5-10/h1-8,12,18-19H,9H2. The fourth-order valence-corrected chi connectivity index (χ4v) is 2.07. The number of alkyl halides is 2. The lowest BCUT2D eigenvalue weighted by molar-refractivity contribution is -0.286. The molecule has 0 radical (unpaired) electrons. The summed E-state index contributed by atoms with van der Waals surface area (Å²) in [6.45, 7) is 0.250. The number of benzene rings is 2. The Balaban J connectivity index is 1.65. The molecule has 0 spiro atoms. The highest BCUT2D eigenvalue weighted by atomic mass is 19.3. The van der Waals surface area contributed by atoms with Crippen molar-refractivity contribution >= 4 is 5.69 Å². The second-order valence-electron chi connectivity index (χ2n) is 4.64. The second-order valence-corrected chi connectivity index (χ2v) is 4.64. The van der Waals surface area contributed by atoms with E-state index in [1.807, 2.05) is 30.3 Å². The molecule has 1 atom stereocenters. The van der Waals surface area contributed by atoms with E-state index in [1.165, 1.54) is 12.1 Å². The van der Waals surface area contributed by atoms with Gasteiger partial charge in [-0.05, 0) is 17.7 Å². The van der Waals surface area contributed by atoms with E-state index in [4.69, 9.17) is 0 Å². The number of ether oxygens (including phenoxy) is 2. The van der Waals surface area contributed by atoms with Gasteiger partial charge in [0.25, 0.3) is 0 Å². The third-order valence-electron chi connectivity index (χ3n) is 3.09. The van der Waals surface area contributed by atoms with Crippen molar-refractivity contribution in [3.05, 3.63) is 54.1 Å². The number of hydrogen-bond donors (Lipinski definition) is 2. The van der Waals surface area contributed by atoms with Crippen molar-refractivity contribution in [3.63, 3.8) is 0 Å². The SMILES string of the molecule is OC(CNc1ccc2c(c1)OC(F)(F)O2)c1ccccc1. The molecule has 0 saturated heterocycles. The third kappa shape index (κ3) is 3.05. The van der Waals surface area contributed by atoms with Gasteiger partial charge in [0.1, 0.15) is 0 Å². The first-order valence-electron chi connectivity index (χ1n) is 6.40. The minimum Gasteiger partial charge on any atom is -0.395 e. The average molecular weight is 293 g/mol. The molecule has 0 bridgehead atoms. The van der Waals surface area contributed by atoms with Gasteiger partial charge in [0.05, 0.1) is 6.10 Å². The molecule has 1 aliphatic rings. The summed E-state index contributed by atoms with van der Waals surface area (Å²) in [4.78, 5) is 0. The molecule has 0 aromatic heterocycles. The van der Waals surface area contributed by atoms with Crippen LogP contribution in [0.3, 0.4) is 0 Å². The van der Waals surface area contributed by atoms with E-state index in [9.17, 15) is 13.9 Å². The van der Waals surface area contributed by atoms with Crippen LogP contribution in [0.1, 0.15) is 11.7 Å². The first kappa shape index (κ1) is 13.6. The molecular weight excluding hydrogens is 280 g/mol. The van der Waals surface area contributed by atoms with Crippen LogP contribution in [-0.2, 0) is 0 Å². The van der Waals surface area contributed by atoms with E-state index >= 15 is 0 Å². The monoisotopic (exact) mass is 293 g/mol. The van der Waals surface area contributed by atoms with Gasteiger partial charge >= 0.3 is 6.29 Å².